The number of oxime groups is 1. The predicted octanol–water partition coefficient (Wildman–Crippen LogP) is 12.0. The van der Waals surface area contributed by atoms with Crippen molar-refractivity contribution in [2.75, 3.05) is 19.8 Å². The van der Waals surface area contributed by atoms with Gasteiger partial charge in [-0.2, -0.15) is 0 Å². The summed E-state index contributed by atoms with van der Waals surface area (Å²) in [6.07, 6.45) is 11.2. The Kier molecular flexibility index (Phi) is 16.6. The summed E-state index contributed by atoms with van der Waals surface area (Å²) in [5.41, 5.74) is 4.43. The molecular formula is C60H60N4O11. The Hall–Kier alpha value is -7.98. The number of allylic oxidation sites excluding steroid dienone is 1. The van der Waals surface area contributed by atoms with Gasteiger partial charge in [0.15, 0.2) is 0 Å². The monoisotopic (exact) mass is 1010 g/mol. The van der Waals surface area contributed by atoms with Gasteiger partial charge < -0.3 is 34.2 Å². The van der Waals surface area contributed by atoms with E-state index >= 15 is 4.79 Å². The zero-order valence-electron chi connectivity index (χ0n) is 41.5. The van der Waals surface area contributed by atoms with E-state index in [1.807, 2.05) is 84.9 Å². The van der Waals surface area contributed by atoms with Gasteiger partial charge in [0, 0.05) is 61.9 Å². The summed E-state index contributed by atoms with van der Waals surface area (Å²) in [5, 5.41) is 50.5. The third-order valence-corrected chi connectivity index (χ3v) is 14.6. The number of nitro groups is 2. The first kappa shape index (κ1) is 51.9. The molecular weight excluding hydrogens is 953 g/mol. The minimum atomic E-state index is -1.61. The third-order valence-electron chi connectivity index (χ3n) is 14.6. The second kappa shape index (κ2) is 23.9. The number of fused-ring (bicyclic) bond motifs is 3. The first-order chi connectivity index (χ1) is 36.6. The number of non-ortho nitro benzene ring substituents is 2. The van der Waals surface area contributed by atoms with Crippen molar-refractivity contribution in [1.82, 2.24) is 4.90 Å². The van der Waals surface area contributed by atoms with Crippen molar-refractivity contribution >= 4 is 39.8 Å². The van der Waals surface area contributed by atoms with Crippen LogP contribution in [0.25, 0.3) is 16.8 Å². The quantitative estimate of drug-likeness (QED) is 0.0204. The van der Waals surface area contributed by atoms with Crippen molar-refractivity contribution in [3.05, 3.63) is 212 Å². The Bertz CT molecular complexity index is 3100. The molecule has 0 radical (unpaired) electrons. The van der Waals surface area contributed by atoms with E-state index in [4.69, 9.17) is 24.2 Å². The number of nitrogens with zero attached hydrogens (tertiary/aromatic N) is 4. The van der Waals surface area contributed by atoms with Gasteiger partial charge in [0.25, 0.3) is 11.4 Å². The number of aliphatic hydroxyl groups excluding tert-OH is 2. The van der Waals surface area contributed by atoms with Crippen molar-refractivity contribution in [2.45, 2.75) is 75.8 Å². The van der Waals surface area contributed by atoms with E-state index in [9.17, 15) is 30.4 Å². The maximum atomic E-state index is 15.6. The second-order valence-electron chi connectivity index (χ2n) is 19.2. The molecule has 15 nitrogen and oxygen atoms in total. The van der Waals surface area contributed by atoms with Crippen LogP contribution in [0.4, 0.5) is 11.4 Å². The van der Waals surface area contributed by atoms with E-state index in [2.05, 4.69) is 12.7 Å². The number of carbonyl (C=O) groups excluding carboxylic acids is 1. The zero-order chi connectivity index (χ0) is 52.3. The van der Waals surface area contributed by atoms with Crippen LogP contribution in [-0.4, -0.2) is 68.2 Å². The van der Waals surface area contributed by atoms with E-state index in [1.54, 1.807) is 47.4 Å². The maximum absolute atomic E-state index is 15.6. The van der Waals surface area contributed by atoms with Gasteiger partial charge in [-0.25, -0.2) is 0 Å². The number of carbonyl (C=O) groups is 1. The smallest absolute Gasteiger partial charge is 0.273 e. The molecule has 1 heterocycles. The molecule has 0 saturated heterocycles. The lowest BCUT2D eigenvalue weighted by molar-refractivity contribution is -0.385. The van der Waals surface area contributed by atoms with Crippen LogP contribution in [0.15, 0.2) is 175 Å². The van der Waals surface area contributed by atoms with Crippen LogP contribution in [-0.2, 0) is 27.5 Å². The summed E-state index contributed by atoms with van der Waals surface area (Å²) in [6, 6.07) is 40.3. The van der Waals surface area contributed by atoms with Gasteiger partial charge in [0.1, 0.15) is 29.9 Å². The largest absolute Gasteiger partial charge is 0.459 e. The fourth-order valence-corrected chi connectivity index (χ4v) is 11.2. The van der Waals surface area contributed by atoms with Crippen molar-refractivity contribution in [3.63, 3.8) is 0 Å². The standard InChI is InChI=1S/C60H60N4O11/c1-2-34-72-60-56(62(39-45-19-12-18-43-16-6-7-22-50(43)45)57(67)31-26-41-24-27-46(28-25-41)63(68)69)38-54(61-73-40-42-14-4-3-5-15-42)52-35-44(17-8-10-32-65)51(23-9-11-33-66)58(59(52)60)53-37-49(29-30-55(53)75-60)74-48-21-13-20-47(36-48)64(70)71/h2-7,12-16,18-22,24-31,35-37,44,51,56,58-59,65-66H,1,8-11,17,23,32-34,38-40H2/t44-,51+,56-,58+,59+,60+/m0/s1. The van der Waals surface area contributed by atoms with Gasteiger partial charge in [-0.15, -0.1) is 6.58 Å². The SMILES string of the molecule is C=CCO[C@@]12Oc3ccc(Oc4cccc([N+](=O)[O-])c4)cc3[C@H]3[C@H](CCCCO)[C@@H](CCCCO)C=C(C(=NOCc4ccccc4)C[C@@H]1N(Cc1cccc4ccccc14)C(=O)C=Cc1ccc([N+](=O)[O-])cc1)[C@H]32. The number of unbranched alkanes of at least 4 members (excludes halogenated alkanes) is 2. The van der Waals surface area contributed by atoms with Crippen LogP contribution in [0, 0.1) is 38.0 Å². The van der Waals surface area contributed by atoms with Gasteiger partial charge in [-0.05, 0) is 113 Å². The first-order valence-corrected chi connectivity index (χ1v) is 25.5. The summed E-state index contributed by atoms with van der Waals surface area (Å²) in [4.78, 5) is 46.1. The summed E-state index contributed by atoms with van der Waals surface area (Å²) >= 11 is 0. The lowest BCUT2D eigenvalue weighted by Crippen LogP contribution is -2.70. The Morgan fingerprint density at radius 1 is 0.813 bits per heavy atom. The lowest BCUT2D eigenvalue weighted by atomic mass is 9.55. The molecule has 2 N–H and O–H groups in total. The number of aliphatic hydroxyl groups is 2. The summed E-state index contributed by atoms with van der Waals surface area (Å²) in [7, 11) is 0. The number of rotatable bonds is 23. The molecule has 6 aromatic carbocycles. The molecule has 1 fully saturated rings. The van der Waals surface area contributed by atoms with Crippen LogP contribution in [0.3, 0.4) is 0 Å². The van der Waals surface area contributed by atoms with Crippen LogP contribution in [0.5, 0.6) is 17.2 Å². The molecule has 0 unspecified atom stereocenters. The minimum absolute atomic E-state index is 0.0145. The van der Waals surface area contributed by atoms with Crippen molar-refractivity contribution in [1.29, 1.82) is 0 Å². The highest BCUT2D eigenvalue weighted by atomic mass is 16.7. The molecule has 0 aromatic heterocycles. The van der Waals surface area contributed by atoms with Crippen LogP contribution < -0.4 is 9.47 Å². The van der Waals surface area contributed by atoms with E-state index in [1.165, 1.54) is 30.3 Å². The van der Waals surface area contributed by atoms with Crippen molar-refractivity contribution < 1.29 is 43.9 Å². The first-order valence-electron chi connectivity index (χ1n) is 25.5. The molecule has 9 rings (SSSR count). The molecule has 6 atom stereocenters. The fourth-order valence-electron chi connectivity index (χ4n) is 11.2. The highest BCUT2D eigenvalue weighted by Gasteiger charge is 2.65. The molecule has 0 spiro atoms. The van der Waals surface area contributed by atoms with Gasteiger partial charge in [-0.1, -0.05) is 109 Å². The lowest BCUT2D eigenvalue weighted by Gasteiger charge is -2.60. The molecule has 75 heavy (non-hydrogen) atoms. The topological polar surface area (TPSA) is 196 Å². The third kappa shape index (κ3) is 11.6. The average Bonchev–Trinajstić information content (AvgIpc) is 3.43. The van der Waals surface area contributed by atoms with E-state index in [0.29, 0.717) is 48.5 Å². The van der Waals surface area contributed by atoms with Crippen LogP contribution >= 0.6 is 0 Å². The van der Waals surface area contributed by atoms with Crippen molar-refractivity contribution in [3.8, 4) is 17.2 Å². The molecule has 1 aliphatic heterocycles. The molecule has 6 aromatic rings. The predicted molar refractivity (Wildman–Crippen MR) is 286 cm³/mol. The molecule has 2 aliphatic carbocycles. The van der Waals surface area contributed by atoms with Gasteiger partial charge in [-0.3, -0.25) is 25.0 Å². The van der Waals surface area contributed by atoms with E-state index in [0.717, 1.165) is 45.9 Å². The summed E-state index contributed by atoms with van der Waals surface area (Å²) < 4.78 is 21.2. The fraction of sp³-hybridized carbons (Fsp3) is 0.300. The Morgan fingerprint density at radius 3 is 2.29 bits per heavy atom. The molecule has 1 amide bonds. The Labute approximate surface area is 435 Å². The van der Waals surface area contributed by atoms with Crippen molar-refractivity contribution in [2.24, 2.45) is 22.9 Å². The number of ether oxygens (including phenoxy) is 3. The minimum Gasteiger partial charge on any atom is -0.459 e. The van der Waals surface area contributed by atoms with Gasteiger partial charge in [0.05, 0.1) is 34.1 Å². The Morgan fingerprint density at radius 2 is 1.53 bits per heavy atom. The summed E-state index contributed by atoms with van der Waals surface area (Å²) in [5.74, 6) is -1.97. The van der Waals surface area contributed by atoms with Gasteiger partial charge >= 0.3 is 0 Å². The molecule has 386 valence electrons. The van der Waals surface area contributed by atoms with Gasteiger partial charge in [0.2, 0.25) is 11.7 Å². The molecule has 3 aliphatic rings. The number of nitro benzene ring substituents is 2. The van der Waals surface area contributed by atoms with Crippen LogP contribution in [0.2, 0.25) is 0 Å². The van der Waals surface area contributed by atoms with Crippen LogP contribution in [0.1, 0.15) is 73.1 Å². The number of hydrogen-bond donors (Lipinski definition) is 2. The number of amides is 1. The maximum Gasteiger partial charge on any atom is 0.273 e. The number of benzene rings is 6. The van der Waals surface area contributed by atoms with E-state index in [-0.39, 0.29) is 74.3 Å². The molecule has 0 bridgehead atoms. The normalized spacial score (nSPS) is 21.1. The highest BCUT2D eigenvalue weighted by molar-refractivity contribution is 6.03. The summed E-state index contributed by atoms with van der Waals surface area (Å²) in [6.45, 7) is 4.46. The molecule has 1 saturated carbocycles. The average molecular weight is 1010 g/mol. The Balaban J connectivity index is 1.26. The number of hydrogen-bond acceptors (Lipinski definition) is 12. The second-order valence-corrected chi connectivity index (χ2v) is 19.2. The molecule has 15 heteroatoms. The zero-order valence-corrected chi connectivity index (χ0v) is 41.5. The van der Waals surface area contributed by atoms with E-state index < -0.39 is 33.5 Å². The highest BCUT2D eigenvalue weighted by Crippen LogP contribution is 2.62.